The molecule has 0 spiro atoms. The van der Waals surface area contributed by atoms with E-state index in [2.05, 4.69) is 0 Å². The molecule has 2 aromatic carbocycles. The van der Waals surface area contributed by atoms with Crippen LogP contribution >= 0.6 is 46.4 Å². The molecule has 7 heteroatoms. The van der Waals surface area contributed by atoms with Crippen LogP contribution in [0.4, 0.5) is 5.69 Å². The molecule has 1 unspecified atom stereocenters. The van der Waals surface area contributed by atoms with Crippen LogP contribution in [0, 0.1) is 0 Å². The van der Waals surface area contributed by atoms with Crippen molar-refractivity contribution < 1.29 is 9.59 Å². The summed E-state index contributed by atoms with van der Waals surface area (Å²) in [7, 11) is 0. The zero-order valence-electron chi connectivity index (χ0n) is 14.6. The van der Waals surface area contributed by atoms with Crippen molar-refractivity contribution in [2.24, 2.45) is 0 Å². The number of carbonyl (C=O) groups is 2. The van der Waals surface area contributed by atoms with Crippen LogP contribution in [0.3, 0.4) is 0 Å². The van der Waals surface area contributed by atoms with E-state index >= 15 is 0 Å². The minimum Gasteiger partial charge on any atom is -0.294 e. The summed E-state index contributed by atoms with van der Waals surface area (Å²) >= 11 is 24.9. The summed E-state index contributed by atoms with van der Waals surface area (Å²) in [4.78, 5) is 27.7. The molecule has 144 valence electrons. The number of hydrogen-bond acceptors (Lipinski definition) is 2. The molecule has 0 aromatic heterocycles. The summed E-state index contributed by atoms with van der Waals surface area (Å²) in [5.41, 5.74) is 2.60. The molecule has 3 nitrogen and oxygen atoms in total. The molecule has 1 aliphatic carbocycles. The Hall–Kier alpha value is -1.52. The Balaban J connectivity index is 1.91. The summed E-state index contributed by atoms with van der Waals surface area (Å²) in [6.07, 6.45) is 1.87. The van der Waals surface area contributed by atoms with E-state index in [9.17, 15) is 9.59 Å². The molecule has 0 fully saturated rings. The highest BCUT2D eigenvalue weighted by atomic mass is 35.5. The van der Waals surface area contributed by atoms with Crippen molar-refractivity contribution in [3.8, 4) is 0 Å². The van der Waals surface area contributed by atoms with Gasteiger partial charge in [-0.3, -0.25) is 14.5 Å². The Bertz CT molecular complexity index is 1010. The third-order valence-corrected chi connectivity index (χ3v) is 6.41. The van der Waals surface area contributed by atoms with Crippen LogP contribution in [0.5, 0.6) is 0 Å². The van der Waals surface area contributed by atoms with Crippen LogP contribution in [0.15, 0.2) is 47.7 Å². The maximum atomic E-state index is 13.2. The number of rotatable bonds is 2. The van der Waals surface area contributed by atoms with Gasteiger partial charge >= 0.3 is 0 Å². The number of carbonyl (C=O) groups excluding carboxylic acids is 2. The molecular formula is C21H15Cl4NO2. The van der Waals surface area contributed by atoms with Crippen molar-refractivity contribution in [2.45, 2.75) is 31.6 Å². The highest BCUT2D eigenvalue weighted by Crippen LogP contribution is 2.46. The molecular weight excluding hydrogens is 440 g/mol. The second-order valence-corrected chi connectivity index (χ2v) is 8.55. The fourth-order valence-electron chi connectivity index (χ4n) is 4.02. The first kappa shape index (κ1) is 19.8. The Labute approximate surface area is 182 Å². The lowest BCUT2D eigenvalue weighted by molar-refractivity contribution is -0.119. The van der Waals surface area contributed by atoms with Crippen LogP contribution in [0.1, 0.15) is 37.2 Å². The third kappa shape index (κ3) is 3.46. The normalized spacial score (nSPS) is 19.9. The summed E-state index contributed by atoms with van der Waals surface area (Å²) in [6, 6.07) is 10.3. The third-order valence-electron chi connectivity index (χ3n) is 5.14. The molecule has 0 bridgehead atoms. The second-order valence-electron chi connectivity index (χ2n) is 6.89. The predicted molar refractivity (Wildman–Crippen MR) is 114 cm³/mol. The van der Waals surface area contributed by atoms with E-state index in [0.29, 0.717) is 61.9 Å². The standard InChI is InChI=1S/C21H15Cl4NO2/c22-11-7-12(23)9-13(8-11)26-17-5-2-6-18(27)20(17)15(10-19(26)28)14-3-1-4-16(24)21(14)25/h1,3-4,7-9,15H,2,5-6,10H2. The van der Waals surface area contributed by atoms with E-state index in [1.807, 2.05) is 6.07 Å². The van der Waals surface area contributed by atoms with Crippen molar-refractivity contribution >= 4 is 63.8 Å². The molecule has 2 aromatic rings. The molecule has 1 heterocycles. The predicted octanol–water partition coefficient (Wildman–Crippen LogP) is 6.83. The Morgan fingerprint density at radius 3 is 2.36 bits per heavy atom. The van der Waals surface area contributed by atoms with E-state index in [-0.39, 0.29) is 18.1 Å². The molecule has 0 saturated carbocycles. The Kier molecular flexibility index (Phi) is 5.45. The fraction of sp³-hybridized carbons (Fsp3) is 0.238. The zero-order chi connectivity index (χ0) is 20.0. The van der Waals surface area contributed by atoms with Gasteiger partial charge in [-0.2, -0.15) is 0 Å². The molecule has 1 atom stereocenters. The summed E-state index contributed by atoms with van der Waals surface area (Å²) < 4.78 is 0. The number of allylic oxidation sites excluding steroid dienone is 2. The largest absolute Gasteiger partial charge is 0.294 e. The number of ketones is 1. The quantitative estimate of drug-likeness (QED) is 0.498. The van der Waals surface area contributed by atoms with Crippen molar-refractivity contribution in [1.29, 1.82) is 0 Å². The van der Waals surface area contributed by atoms with E-state index in [1.165, 1.54) is 0 Å². The highest BCUT2D eigenvalue weighted by Gasteiger charge is 2.40. The zero-order valence-corrected chi connectivity index (χ0v) is 17.7. The number of anilines is 1. The van der Waals surface area contributed by atoms with Gasteiger partial charge in [0.15, 0.2) is 5.78 Å². The van der Waals surface area contributed by atoms with Crippen molar-refractivity contribution in [3.63, 3.8) is 0 Å². The van der Waals surface area contributed by atoms with Gasteiger partial charge in [0.05, 0.1) is 15.7 Å². The number of hydrogen-bond donors (Lipinski definition) is 0. The molecule has 1 aliphatic heterocycles. The van der Waals surface area contributed by atoms with Gasteiger partial charge in [-0.05, 0) is 42.7 Å². The van der Waals surface area contributed by atoms with Crippen molar-refractivity contribution in [3.05, 3.63) is 73.3 Å². The Morgan fingerprint density at radius 2 is 1.64 bits per heavy atom. The number of nitrogens with zero attached hydrogens (tertiary/aromatic N) is 1. The molecule has 0 N–H and O–H groups in total. The molecule has 2 aliphatic rings. The highest BCUT2D eigenvalue weighted by molar-refractivity contribution is 6.42. The molecule has 4 rings (SSSR count). The SMILES string of the molecule is O=C1CCCC2=C1C(c1cccc(Cl)c1Cl)CC(=O)N2c1cc(Cl)cc(Cl)c1. The summed E-state index contributed by atoms with van der Waals surface area (Å²) in [5, 5.41) is 1.65. The lowest BCUT2D eigenvalue weighted by Crippen LogP contribution is -2.40. The average molecular weight is 455 g/mol. The second kappa shape index (κ2) is 7.72. The van der Waals surface area contributed by atoms with Crippen molar-refractivity contribution in [1.82, 2.24) is 0 Å². The van der Waals surface area contributed by atoms with E-state index < -0.39 is 5.92 Å². The molecule has 0 saturated heterocycles. The van der Waals surface area contributed by atoms with Gasteiger partial charge in [-0.1, -0.05) is 58.5 Å². The smallest absolute Gasteiger partial charge is 0.232 e. The van der Waals surface area contributed by atoms with Crippen LogP contribution in [0.2, 0.25) is 20.1 Å². The van der Waals surface area contributed by atoms with Crippen molar-refractivity contribution in [2.75, 3.05) is 4.90 Å². The lowest BCUT2D eigenvalue weighted by atomic mass is 9.77. The number of Topliss-reactive ketones (excluding diaryl/α,β-unsaturated/α-hetero) is 1. The average Bonchev–Trinajstić information content (AvgIpc) is 2.62. The monoisotopic (exact) mass is 453 g/mol. The fourth-order valence-corrected chi connectivity index (χ4v) is 4.97. The van der Waals surface area contributed by atoms with Gasteiger partial charge in [0, 0.05) is 40.1 Å². The van der Waals surface area contributed by atoms with Crippen LogP contribution in [-0.4, -0.2) is 11.7 Å². The first-order valence-electron chi connectivity index (χ1n) is 8.86. The minimum atomic E-state index is -0.410. The lowest BCUT2D eigenvalue weighted by Gasteiger charge is -2.38. The van der Waals surface area contributed by atoms with Crippen LogP contribution < -0.4 is 4.90 Å². The summed E-state index contributed by atoms with van der Waals surface area (Å²) in [5.74, 6) is -0.506. The molecule has 28 heavy (non-hydrogen) atoms. The first-order valence-corrected chi connectivity index (χ1v) is 10.4. The number of amides is 1. The van der Waals surface area contributed by atoms with E-state index in [4.69, 9.17) is 46.4 Å². The van der Waals surface area contributed by atoms with Gasteiger partial charge in [0.1, 0.15) is 0 Å². The van der Waals surface area contributed by atoms with Gasteiger partial charge in [-0.15, -0.1) is 0 Å². The first-order chi connectivity index (χ1) is 13.4. The number of benzene rings is 2. The van der Waals surface area contributed by atoms with Gasteiger partial charge in [-0.25, -0.2) is 0 Å². The maximum absolute atomic E-state index is 13.2. The van der Waals surface area contributed by atoms with Gasteiger partial charge in [0.25, 0.3) is 0 Å². The minimum absolute atomic E-state index is 0.0351. The van der Waals surface area contributed by atoms with Crippen LogP contribution in [0.25, 0.3) is 0 Å². The number of halogens is 4. The van der Waals surface area contributed by atoms with Crippen LogP contribution in [-0.2, 0) is 9.59 Å². The maximum Gasteiger partial charge on any atom is 0.232 e. The molecule has 0 radical (unpaired) electrons. The van der Waals surface area contributed by atoms with Gasteiger partial charge in [0.2, 0.25) is 5.91 Å². The van der Waals surface area contributed by atoms with E-state index in [0.717, 1.165) is 0 Å². The molecule has 1 amide bonds. The van der Waals surface area contributed by atoms with E-state index in [1.54, 1.807) is 35.2 Å². The summed E-state index contributed by atoms with van der Waals surface area (Å²) in [6.45, 7) is 0. The van der Waals surface area contributed by atoms with Gasteiger partial charge < -0.3 is 0 Å². The Morgan fingerprint density at radius 1 is 0.929 bits per heavy atom. The topological polar surface area (TPSA) is 37.4 Å².